The number of phenols is 1. The maximum absolute atomic E-state index is 13.0. The van der Waals surface area contributed by atoms with E-state index in [1.165, 1.54) is 6.07 Å². The minimum absolute atomic E-state index is 0.0574. The molecule has 0 aromatic heterocycles. The molecule has 5 rings (SSSR count). The van der Waals surface area contributed by atoms with Crippen LogP contribution in [0, 0.1) is 5.92 Å². The van der Waals surface area contributed by atoms with Gasteiger partial charge in [-0.2, -0.15) is 13.2 Å². The minimum atomic E-state index is -5.04. The molecular formula is C36H42F3N3O7. The van der Waals surface area contributed by atoms with Gasteiger partial charge in [-0.3, -0.25) is 9.59 Å². The summed E-state index contributed by atoms with van der Waals surface area (Å²) >= 11 is 0. The molecule has 2 amide bonds. The number of carbonyl (C=O) groups excluding carboxylic acids is 2. The summed E-state index contributed by atoms with van der Waals surface area (Å²) in [5, 5.41) is 32.8. The standard InChI is InChI=1S/C36H42F3N3O7/c1-22-31(20-41(2)19-30(45)27-5-3-6-28(44)17-27)48-34(49-32(22)25-12-10-24(21-43)11-13-25)26-14-8-23(9-15-26)18-40-33(46)29-7-4-16-42(29)35(47)36(37,38)39/h3,5-6,8-15,17,22,29-32,34,43-45H,4,7,16,18-21H2,1-2H3,(H,40,46). The van der Waals surface area contributed by atoms with E-state index in [0.29, 0.717) is 41.1 Å². The van der Waals surface area contributed by atoms with E-state index in [2.05, 4.69) is 5.32 Å². The van der Waals surface area contributed by atoms with Crippen LogP contribution in [0.1, 0.15) is 66.1 Å². The number of phenolic OH excluding ortho intramolecular Hbond substituents is 1. The van der Waals surface area contributed by atoms with E-state index in [0.717, 1.165) is 11.1 Å². The van der Waals surface area contributed by atoms with E-state index in [-0.39, 0.29) is 50.0 Å². The Bertz CT molecular complexity index is 1570. The number of carbonyl (C=O) groups is 2. The SMILES string of the molecule is CC1C(CN(C)CC(O)c2cccc(O)c2)OC(c2ccc(CNC(=O)C3CCCN3C(=O)C(F)(F)F)cc2)OC1c1ccc(CO)cc1. The number of nitrogens with zero attached hydrogens (tertiary/aromatic N) is 2. The largest absolute Gasteiger partial charge is 0.508 e. The average Bonchev–Trinajstić information content (AvgIpc) is 3.58. The first-order valence-corrected chi connectivity index (χ1v) is 16.2. The predicted molar refractivity (Wildman–Crippen MR) is 173 cm³/mol. The van der Waals surface area contributed by atoms with Crippen molar-refractivity contribution in [2.75, 3.05) is 26.7 Å². The van der Waals surface area contributed by atoms with Crippen molar-refractivity contribution in [3.8, 4) is 5.75 Å². The van der Waals surface area contributed by atoms with Gasteiger partial charge >= 0.3 is 12.1 Å². The summed E-state index contributed by atoms with van der Waals surface area (Å²) in [5.41, 5.74) is 3.69. The lowest BCUT2D eigenvalue weighted by atomic mass is 9.90. The maximum Gasteiger partial charge on any atom is 0.471 e. The summed E-state index contributed by atoms with van der Waals surface area (Å²) < 4.78 is 52.0. The first-order chi connectivity index (χ1) is 23.3. The van der Waals surface area contributed by atoms with Crippen molar-refractivity contribution in [1.29, 1.82) is 0 Å². The Hall–Kier alpha value is -4.01. The van der Waals surface area contributed by atoms with Gasteiger partial charge < -0.3 is 39.9 Å². The van der Waals surface area contributed by atoms with Gasteiger partial charge in [0.1, 0.15) is 11.8 Å². The second-order valence-corrected chi connectivity index (χ2v) is 12.8. The summed E-state index contributed by atoms with van der Waals surface area (Å²) in [5.74, 6) is -2.67. The molecule has 0 aliphatic carbocycles. The molecule has 2 aliphatic rings. The highest BCUT2D eigenvalue weighted by Crippen LogP contribution is 2.42. The van der Waals surface area contributed by atoms with E-state index in [1.54, 1.807) is 42.5 Å². The Morgan fingerprint density at radius 2 is 1.69 bits per heavy atom. The zero-order valence-corrected chi connectivity index (χ0v) is 27.3. The quantitative estimate of drug-likeness (QED) is 0.232. The van der Waals surface area contributed by atoms with Crippen LogP contribution in [0.15, 0.2) is 72.8 Å². The Kier molecular flexibility index (Phi) is 11.6. The topological polar surface area (TPSA) is 132 Å². The van der Waals surface area contributed by atoms with Crippen molar-refractivity contribution >= 4 is 11.8 Å². The molecule has 2 saturated heterocycles. The van der Waals surface area contributed by atoms with Crippen LogP contribution >= 0.6 is 0 Å². The molecular weight excluding hydrogens is 643 g/mol. The van der Waals surface area contributed by atoms with Gasteiger partial charge in [0.05, 0.1) is 24.9 Å². The third-order valence-corrected chi connectivity index (χ3v) is 9.13. The maximum atomic E-state index is 13.0. The third kappa shape index (κ3) is 8.97. The predicted octanol–water partition coefficient (Wildman–Crippen LogP) is 4.51. The molecule has 0 radical (unpaired) electrons. The van der Waals surface area contributed by atoms with Gasteiger partial charge in [-0.25, -0.2) is 0 Å². The molecule has 0 bridgehead atoms. The molecule has 6 unspecified atom stereocenters. The molecule has 13 heteroatoms. The molecule has 2 fully saturated rings. The van der Waals surface area contributed by atoms with Crippen molar-refractivity contribution in [3.05, 3.63) is 101 Å². The Morgan fingerprint density at radius 1 is 1.02 bits per heavy atom. The second kappa shape index (κ2) is 15.7. The van der Waals surface area contributed by atoms with Gasteiger partial charge in [0.2, 0.25) is 5.91 Å². The number of hydrogen-bond acceptors (Lipinski definition) is 8. The second-order valence-electron chi connectivity index (χ2n) is 12.8. The number of benzene rings is 3. The summed E-state index contributed by atoms with van der Waals surface area (Å²) in [6.45, 7) is 2.64. The van der Waals surface area contributed by atoms with E-state index >= 15 is 0 Å². The lowest BCUT2D eigenvalue weighted by molar-refractivity contribution is -0.276. The first kappa shape index (κ1) is 36.3. The van der Waals surface area contributed by atoms with Crippen molar-refractivity contribution in [2.24, 2.45) is 5.92 Å². The van der Waals surface area contributed by atoms with Crippen LogP contribution in [-0.2, 0) is 32.2 Å². The number of alkyl halides is 3. The van der Waals surface area contributed by atoms with E-state index < -0.39 is 36.4 Å². The number of aliphatic hydroxyl groups is 2. The van der Waals surface area contributed by atoms with Gasteiger partial charge in [-0.05, 0) is 54.3 Å². The normalized spacial score (nSPS) is 23.4. The number of ether oxygens (including phenoxy) is 2. The van der Waals surface area contributed by atoms with Crippen molar-refractivity contribution in [2.45, 2.75) is 69.7 Å². The fourth-order valence-electron chi connectivity index (χ4n) is 6.39. The van der Waals surface area contributed by atoms with Crippen LogP contribution in [0.25, 0.3) is 0 Å². The van der Waals surface area contributed by atoms with Crippen LogP contribution in [-0.4, -0.2) is 81.9 Å². The van der Waals surface area contributed by atoms with E-state index in [9.17, 15) is 38.1 Å². The van der Waals surface area contributed by atoms with Crippen LogP contribution < -0.4 is 5.32 Å². The molecule has 3 aromatic rings. The summed E-state index contributed by atoms with van der Waals surface area (Å²) in [7, 11) is 1.88. The molecule has 10 nitrogen and oxygen atoms in total. The fourth-order valence-corrected chi connectivity index (χ4v) is 6.39. The molecule has 2 aliphatic heterocycles. The van der Waals surface area contributed by atoms with Crippen molar-refractivity contribution in [3.63, 3.8) is 0 Å². The molecule has 6 atom stereocenters. The smallest absolute Gasteiger partial charge is 0.471 e. The van der Waals surface area contributed by atoms with Gasteiger partial charge in [0.25, 0.3) is 0 Å². The van der Waals surface area contributed by atoms with Gasteiger partial charge in [0.15, 0.2) is 6.29 Å². The van der Waals surface area contributed by atoms with Crippen LogP contribution in [0.4, 0.5) is 13.2 Å². The number of nitrogens with one attached hydrogen (secondary N) is 1. The molecule has 0 spiro atoms. The monoisotopic (exact) mass is 685 g/mol. The van der Waals surface area contributed by atoms with Gasteiger partial charge in [0, 0.05) is 37.7 Å². The van der Waals surface area contributed by atoms with E-state index in [1.807, 2.05) is 43.1 Å². The number of aromatic hydroxyl groups is 1. The molecule has 2 heterocycles. The van der Waals surface area contributed by atoms with Crippen LogP contribution in [0.2, 0.25) is 0 Å². The Balaban J connectivity index is 1.27. The van der Waals surface area contributed by atoms with Crippen LogP contribution in [0.5, 0.6) is 5.75 Å². The summed E-state index contributed by atoms with van der Waals surface area (Å²) in [6.07, 6.45) is -6.85. The number of hydrogen-bond donors (Lipinski definition) is 4. The highest BCUT2D eigenvalue weighted by atomic mass is 19.4. The minimum Gasteiger partial charge on any atom is -0.508 e. The van der Waals surface area contributed by atoms with Crippen LogP contribution in [0.3, 0.4) is 0 Å². The zero-order chi connectivity index (χ0) is 35.3. The Labute approximate surface area is 283 Å². The number of likely N-dealkylation sites (N-methyl/N-ethyl adjacent to an activating group) is 1. The van der Waals surface area contributed by atoms with Gasteiger partial charge in [-0.15, -0.1) is 0 Å². The number of rotatable bonds is 11. The lowest BCUT2D eigenvalue weighted by Crippen LogP contribution is -2.50. The first-order valence-electron chi connectivity index (χ1n) is 16.2. The number of halogens is 3. The molecule has 0 saturated carbocycles. The molecule has 49 heavy (non-hydrogen) atoms. The summed E-state index contributed by atoms with van der Waals surface area (Å²) in [4.78, 5) is 27.1. The lowest BCUT2D eigenvalue weighted by Gasteiger charge is -2.42. The summed E-state index contributed by atoms with van der Waals surface area (Å²) in [6, 6.07) is 20.0. The Morgan fingerprint density at radius 3 is 2.35 bits per heavy atom. The van der Waals surface area contributed by atoms with Crippen molar-refractivity contribution in [1.82, 2.24) is 15.1 Å². The number of likely N-dealkylation sites (tertiary alicyclic amines) is 1. The molecule has 4 N–H and O–H groups in total. The molecule has 264 valence electrons. The highest BCUT2D eigenvalue weighted by Gasteiger charge is 2.47. The number of aliphatic hydroxyl groups excluding tert-OH is 2. The third-order valence-electron chi connectivity index (χ3n) is 9.13. The zero-order valence-electron chi connectivity index (χ0n) is 27.3. The average molecular weight is 686 g/mol. The molecule has 3 aromatic carbocycles. The number of amides is 2. The van der Waals surface area contributed by atoms with Crippen molar-refractivity contribution < 1.29 is 47.6 Å². The van der Waals surface area contributed by atoms with Gasteiger partial charge in [-0.1, -0.05) is 67.6 Å². The fraction of sp³-hybridized carbons (Fsp3) is 0.444. The highest BCUT2D eigenvalue weighted by molar-refractivity contribution is 5.90. The van der Waals surface area contributed by atoms with E-state index in [4.69, 9.17) is 9.47 Å².